The van der Waals surface area contributed by atoms with Crippen molar-refractivity contribution >= 4 is 31.5 Å². The average Bonchev–Trinajstić information content (AvgIpc) is 3.76. The van der Waals surface area contributed by atoms with Gasteiger partial charge in [0.2, 0.25) is 0 Å². The molecule has 67 heavy (non-hydrogen) atoms. The van der Waals surface area contributed by atoms with Crippen LogP contribution in [0.3, 0.4) is 0 Å². The van der Waals surface area contributed by atoms with Crippen LogP contribution in [0.15, 0.2) is 213 Å². The number of hydrogen-bond donors (Lipinski definition) is 0. The quantitative estimate of drug-likeness (QED) is 0.123. The molecule has 0 spiro atoms. The van der Waals surface area contributed by atoms with Gasteiger partial charge in [-0.25, -0.2) is 0 Å². The number of aromatic nitrogens is 3. The summed E-state index contributed by atoms with van der Waals surface area (Å²) < 4.78 is 2.63. The van der Waals surface area contributed by atoms with Crippen LogP contribution in [0.5, 0.6) is 0 Å². The average molecular weight is 880 g/mol. The molecule has 0 fully saturated rings. The molecule has 4 aromatic heterocycles. The zero-order valence-corrected chi connectivity index (χ0v) is 38.6. The van der Waals surface area contributed by atoms with Crippen LogP contribution < -0.4 is 0 Å². The van der Waals surface area contributed by atoms with Gasteiger partial charge >= 0.3 is 0 Å². The van der Waals surface area contributed by atoms with Crippen LogP contribution in [0.4, 0.5) is 0 Å². The fraction of sp³-hybridized carbons (Fsp3) is 0.0952. The highest BCUT2D eigenvalue weighted by atomic mass is 32.1. The second-order valence-electron chi connectivity index (χ2n) is 17.7. The Balaban J connectivity index is 0.865. The van der Waals surface area contributed by atoms with Crippen LogP contribution >= 0.6 is 11.3 Å². The van der Waals surface area contributed by atoms with E-state index in [9.17, 15) is 0 Å². The van der Waals surface area contributed by atoms with Gasteiger partial charge in [0, 0.05) is 55.5 Å². The Labute approximate surface area is 397 Å². The summed E-state index contributed by atoms with van der Waals surface area (Å²) in [5.74, 6) is 0. The highest BCUT2D eigenvalue weighted by molar-refractivity contribution is 7.25. The fourth-order valence-corrected chi connectivity index (χ4v) is 10.4. The first-order chi connectivity index (χ1) is 33.0. The Hall–Kier alpha value is -7.79. The van der Waals surface area contributed by atoms with Crippen molar-refractivity contribution in [1.82, 2.24) is 15.0 Å². The monoisotopic (exact) mass is 879 g/mol. The number of hydrogen-bond acceptors (Lipinski definition) is 4. The van der Waals surface area contributed by atoms with Crippen LogP contribution in [-0.2, 0) is 25.7 Å². The van der Waals surface area contributed by atoms with Gasteiger partial charge in [-0.3, -0.25) is 15.0 Å². The maximum absolute atomic E-state index is 4.84. The second-order valence-corrected chi connectivity index (χ2v) is 18.8. The van der Waals surface area contributed by atoms with Gasteiger partial charge in [-0.15, -0.1) is 11.3 Å². The maximum atomic E-state index is 4.84. The van der Waals surface area contributed by atoms with Crippen molar-refractivity contribution in [3.05, 3.63) is 246 Å². The molecule has 7 aromatic carbocycles. The summed E-state index contributed by atoms with van der Waals surface area (Å²) in [4.78, 5) is 14.1. The maximum Gasteiger partial charge on any atom is 0.0708 e. The Bertz CT molecular complexity index is 3380. The lowest BCUT2D eigenvalue weighted by Crippen LogP contribution is -1.98. The first-order valence-electron chi connectivity index (χ1n) is 23.2. The highest BCUT2D eigenvalue weighted by Crippen LogP contribution is 2.38. The molecule has 11 rings (SSSR count). The van der Waals surface area contributed by atoms with E-state index in [4.69, 9.17) is 4.98 Å². The zero-order valence-electron chi connectivity index (χ0n) is 37.8. The van der Waals surface area contributed by atoms with Gasteiger partial charge in [0.1, 0.15) is 0 Å². The van der Waals surface area contributed by atoms with Crippen molar-refractivity contribution in [3.63, 3.8) is 0 Å². The van der Waals surface area contributed by atoms with Gasteiger partial charge in [0.25, 0.3) is 0 Å². The number of rotatable bonds is 12. The van der Waals surface area contributed by atoms with Gasteiger partial charge in [0.05, 0.1) is 17.1 Å². The summed E-state index contributed by atoms with van der Waals surface area (Å²) in [7, 11) is 0. The summed E-state index contributed by atoms with van der Waals surface area (Å²) >= 11 is 1.85. The lowest BCUT2D eigenvalue weighted by atomic mass is 9.90. The van der Waals surface area contributed by atoms with E-state index in [1.807, 2.05) is 29.9 Å². The van der Waals surface area contributed by atoms with Crippen molar-refractivity contribution in [2.45, 2.75) is 39.5 Å². The predicted octanol–water partition coefficient (Wildman–Crippen LogP) is 16.4. The van der Waals surface area contributed by atoms with Crippen molar-refractivity contribution in [3.8, 4) is 67.2 Å². The zero-order chi connectivity index (χ0) is 45.1. The van der Waals surface area contributed by atoms with Crippen molar-refractivity contribution in [2.75, 3.05) is 0 Å². The van der Waals surface area contributed by atoms with Gasteiger partial charge in [-0.1, -0.05) is 158 Å². The third-order valence-corrected chi connectivity index (χ3v) is 14.1. The summed E-state index contributed by atoms with van der Waals surface area (Å²) in [5, 5.41) is 2.64. The van der Waals surface area contributed by atoms with Gasteiger partial charge in [-0.2, -0.15) is 0 Å². The van der Waals surface area contributed by atoms with E-state index in [1.54, 1.807) is 0 Å². The molecule has 0 atom stereocenters. The molecule has 0 aliphatic rings. The van der Waals surface area contributed by atoms with Crippen molar-refractivity contribution in [1.29, 1.82) is 0 Å². The molecular formula is C63H49N3S. The molecule has 0 N–H and O–H groups in total. The van der Waals surface area contributed by atoms with E-state index >= 15 is 0 Å². The molecule has 0 amide bonds. The number of thiophene rings is 1. The van der Waals surface area contributed by atoms with E-state index in [2.05, 4.69) is 218 Å². The van der Waals surface area contributed by atoms with Gasteiger partial charge in [-0.05, 0) is 143 Å². The Morgan fingerprint density at radius 3 is 1.43 bits per heavy atom. The summed E-state index contributed by atoms with van der Waals surface area (Å²) in [6.45, 7) is 4.15. The van der Waals surface area contributed by atoms with Crippen LogP contribution in [0.2, 0.25) is 0 Å². The first kappa shape index (κ1) is 41.9. The second kappa shape index (κ2) is 18.6. The minimum absolute atomic E-state index is 0.947. The molecule has 0 radical (unpaired) electrons. The largest absolute Gasteiger partial charge is 0.256 e. The fourth-order valence-electron chi connectivity index (χ4n) is 9.23. The van der Waals surface area contributed by atoms with E-state index in [0.717, 1.165) is 59.5 Å². The highest BCUT2D eigenvalue weighted by Gasteiger charge is 2.13. The number of nitrogens with zero attached hydrogens (tertiary/aromatic N) is 3. The minimum atomic E-state index is 0.947. The third-order valence-electron chi connectivity index (χ3n) is 13.0. The minimum Gasteiger partial charge on any atom is -0.256 e. The van der Waals surface area contributed by atoms with Crippen LogP contribution in [0.1, 0.15) is 33.4 Å². The molecular weight excluding hydrogens is 831 g/mol. The third kappa shape index (κ3) is 9.22. The van der Waals surface area contributed by atoms with Crippen molar-refractivity contribution < 1.29 is 0 Å². The molecule has 0 aliphatic carbocycles. The molecule has 4 heteroatoms. The molecule has 0 bridgehead atoms. The van der Waals surface area contributed by atoms with Crippen LogP contribution in [0.25, 0.3) is 87.3 Å². The number of aryl methyl sites for hydroxylation is 6. The summed E-state index contributed by atoms with van der Waals surface area (Å²) in [5.41, 5.74) is 21.3. The van der Waals surface area contributed by atoms with E-state index in [0.29, 0.717) is 0 Å². The molecule has 0 unspecified atom stereocenters. The number of benzene rings is 7. The molecule has 0 aliphatic heterocycles. The first-order valence-corrected chi connectivity index (χ1v) is 24.0. The smallest absolute Gasteiger partial charge is 0.0708 e. The van der Waals surface area contributed by atoms with E-state index in [1.165, 1.54) is 86.9 Å². The van der Waals surface area contributed by atoms with Crippen molar-refractivity contribution in [2.24, 2.45) is 0 Å². The normalized spacial score (nSPS) is 11.4. The molecule has 4 heterocycles. The lowest BCUT2D eigenvalue weighted by molar-refractivity contribution is 0.931. The van der Waals surface area contributed by atoms with E-state index < -0.39 is 0 Å². The molecule has 0 saturated heterocycles. The Morgan fingerprint density at radius 1 is 0.328 bits per heavy atom. The number of pyridine rings is 3. The SMILES string of the molecule is Cc1ccc(-c2ccc(CCc3cc(CCc4ccc(-c5ccc(C)cn5)cc4)cc(-c4ccccc4-c4ccc(-c5cc(-c6ccc7c(c6)sc6ccccc67)ccn5)cc4)c3)cc2)nc1. The molecule has 3 nitrogen and oxygen atoms in total. The predicted molar refractivity (Wildman–Crippen MR) is 283 cm³/mol. The molecule has 0 saturated carbocycles. The van der Waals surface area contributed by atoms with Crippen LogP contribution in [-0.4, -0.2) is 15.0 Å². The summed E-state index contributed by atoms with van der Waals surface area (Å²) in [6.07, 6.45) is 9.61. The Kier molecular flexibility index (Phi) is 11.6. The summed E-state index contributed by atoms with van der Waals surface area (Å²) in [6, 6.07) is 71.2. The van der Waals surface area contributed by atoms with E-state index in [-0.39, 0.29) is 0 Å². The van der Waals surface area contributed by atoms with Gasteiger partial charge in [0.15, 0.2) is 0 Å². The molecule has 322 valence electrons. The van der Waals surface area contributed by atoms with Gasteiger partial charge < -0.3 is 0 Å². The lowest BCUT2D eigenvalue weighted by Gasteiger charge is -2.15. The van der Waals surface area contributed by atoms with Crippen LogP contribution in [0, 0.1) is 13.8 Å². The number of fused-ring (bicyclic) bond motifs is 3. The topological polar surface area (TPSA) is 38.7 Å². The Morgan fingerprint density at radius 2 is 0.821 bits per heavy atom. The molecule has 11 aromatic rings. The standard InChI is InChI=1S/C63H49N3S/c1-42-11-31-59(65-40-42)49-21-17-44(18-22-49)13-15-46-35-47(16-14-45-19-23-50(24-20-45)60-32-12-43(2)41-66-60)37-54(36-46)56-8-4-3-7-55(56)48-25-27-51(28-26-48)61-38-53(33-34-64-61)52-29-30-58-57-9-5-6-10-62(57)67-63(58)39-52/h3-12,17-41H,13-16H2,1-2H3.